The Labute approximate surface area is 99.8 Å². The minimum atomic E-state index is -0.412. The Morgan fingerprint density at radius 3 is 2.33 bits per heavy atom. The van der Waals surface area contributed by atoms with Gasteiger partial charge in [0.1, 0.15) is 0 Å². The maximum Gasteiger partial charge on any atom is 0.0847 e. The molecule has 0 atom stereocenters. The molecule has 0 aliphatic carbocycles. The largest absolute Gasteiger partial charge is 0.295 e. The zero-order chi connectivity index (χ0) is 11.5. The predicted octanol–water partition coefficient (Wildman–Crippen LogP) is 3.34. The monoisotopic (exact) mass is 242 g/mol. The van der Waals surface area contributed by atoms with E-state index in [-0.39, 0.29) is 6.54 Å². The van der Waals surface area contributed by atoms with E-state index < -0.39 is 5.54 Å². The summed E-state index contributed by atoms with van der Waals surface area (Å²) in [6.07, 6.45) is 0. The molecular formula is C11H12Cl2N2. The van der Waals surface area contributed by atoms with Crippen LogP contribution in [0.15, 0.2) is 18.2 Å². The van der Waals surface area contributed by atoms with Crippen LogP contribution in [0, 0.1) is 11.3 Å². The highest BCUT2D eigenvalue weighted by atomic mass is 35.5. The van der Waals surface area contributed by atoms with Gasteiger partial charge in [-0.05, 0) is 26.0 Å². The zero-order valence-corrected chi connectivity index (χ0v) is 10.2. The molecule has 4 heteroatoms. The van der Waals surface area contributed by atoms with Crippen LogP contribution in [0.1, 0.15) is 19.4 Å². The predicted molar refractivity (Wildman–Crippen MR) is 63.1 cm³/mol. The first kappa shape index (κ1) is 12.3. The molecular weight excluding hydrogens is 231 g/mol. The first-order valence-electron chi connectivity index (χ1n) is 4.55. The summed E-state index contributed by atoms with van der Waals surface area (Å²) in [6.45, 7) is 4.14. The van der Waals surface area contributed by atoms with Gasteiger partial charge in [0.15, 0.2) is 0 Å². The number of hydrogen-bond acceptors (Lipinski definition) is 2. The van der Waals surface area contributed by atoms with E-state index in [1.54, 1.807) is 18.2 Å². The highest BCUT2D eigenvalue weighted by molar-refractivity contribution is 6.36. The van der Waals surface area contributed by atoms with E-state index in [2.05, 4.69) is 5.32 Å². The van der Waals surface area contributed by atoms with Crippen molar-refractivity contribution in [3.63, 3.8) is 0 Å². The van der Waals surface area contributed by atoms with Crippen LogP contribution in [0.25, 0.3) is 0 Å². The number of nitrogens with one attached hydrogen (secondary N) is 1. The Bertz CT molecular complexity index is 374. The summed E-state index contributed by atoms with van der Waals surface area (Å²) in [5.74, 6) is 0. The van der Waals surface area contributed by atoms with Crippen molar-refractivity contribution in [3.05, 3.63) is 33.8 Å². The summed E-state index contributed by atoms with van der Waals surface area (Å²) in [5, 5.41) is 12.8. The third kappa shape index (κ3) is 2.85. The van der Waals surface area contributed by atoms with Gasteiger partial charge in [0.25, 0.3) is 0 Å². The van der Waals surface area contributed by atoms with Crippen LogP contribution < -0.4 is 5.32 Å². The first-order chi connectivity index (χ1) is 6.99. The van der Waals surface area contributed by atoms with Crippen molar-refractivity contribution in [2.45, 2.75) is 19.4 Å². The zero-order valence-electron chi connectivity index (χ0n) is 8.64. The summed E-state index contributed by atoms with van der Waals surface area (Å²) in [6, 6.07) is 7.42. The highest BCUT2D eigenvalue weighted by Crippen LogP contribution is 2.33. The highest BCUT2D eigenvalue weighted by Gasteiger charge is 2.24. The molecule has 0 radical (unpaired) electrons. The van der Waals surface area contributed by atoms with Crippen molar-refractivity contribution < 1.29 is 0 Å². The Morgan fingerprint density at radius 1 is 1.33 bits per heavy atom. The molecule has 0 unspecified atom stereocenters. The summed E-state index contributed by atoms with van der Waals surface area (Å²) >= 11 is 12.2. The lowest BCUT2D eigenvalue weighted by atomic mass is 9.94. The van der Waals surface area contributed by atoms with Crippen LogP contribution in [-0.2, 0) is 5.54 Å². The first-order valence-corrected chi connectivity index (χ1v) is 5.31. The number of benzene rings is 1. The van der Waals surface area contributed by atoms with E-state index in [1.807, 2.05) is 19.9 Å². The Morgan fingerprint density at radius 2 is 1.87 bits per heavy atom. The lowest BCUT2D eigenvalue weighted by Gasteiger charge is -2.27. The van der Waals surface area contributed by atoms with Crippen LogP contribution >= 0.6 is 23.2 Å². The van der Waals surface area contributed by atoms with Crippen LogP contribution in [0.3, 0.4) is 0 Å². The van der Waals surface area contributed by atoms with Crippen LogP contribution in [0.5, 0.6) is 0 Å². The van der Waals surface area contributed by atoms with Gasteiger partial charge >= 0.3 is 0 Å². The second-order valence-corrected chi connectivity index (χ2v) is 4.55. The fourth-order valence-electron chi connectivity index (χ4n) is 1.44. The molecule has 0 saturated carbocycles. The molecule has 1 aromatic carbocycles. The van der Waals surface area contributed by atoms with Crippen molar-refractivity contribution in [2.24, 2.45) is 0 Å². The third-order valence-corrected chi connectivity index (χ3v) is 2.83. The number of rotatable bonds is 3. The smallest absolute Gasteiger partial charge is 0.0847 e. The molecule has 0 spiro atoms. The molecule has 1 N–H and O–H groups in total. The van der Waals surface area contributed by atoms with E-state index in [4.69, 9.17) is 28.5 Å². The molecule has 2 nitrogen and oxygen atoms in total. The van der Waals surface area contributed by atoms with Crippen molar-refractivity contribution >= 4 is 23.2 Å². The molecule has 0 aliphatic rings. The second-order valence-electron chi connectivity index (χ2n) is 3.73. The van der Waals surface area contributed by atoms with Gasteiger partial charge in [0.2, 0.25) is 0 Å². The second kappa shape index (κ2) is 4.85. The normalized spacial score (nSPS) is 11.1. The lowest BCUT2D eigenvalue weighted by Crippen LogP contribution is -2.37. The minimum Gasteiger partial charge on any atom is -0.295 e. The van der Waals surface area contributed by atoms with Crippen LogP contribution in [0.2, 0.25) is 10.0 Å². The van der Waals surface area contributed by atoms with Gasteiger partial charge in [-0.3, -0.25) is 5.32 Å². The topological polar surface area (TPSA) is 35.8 Å². The summed E-state index contributed by atoms with van der Waals surface area (Å²) in [5.41, 5.74) is 0.411. The Balaban J connectivity index is 3.09. The number of hydrogen-bond donors (Lipinski definition) is 1. The Kier molecular flexibility index (Phi) is 3.98. The van der Waals surface area contributed by atoms with Gasteiger partial charge in [-0.2, -0.15) is 5.26 Å². The van der Waals surface area contributed by atoms with Gasteiger partial charge in [0, 0.05) is 21.1 Å². The maximum absolute atomic E-state index is 8.54. The van der Waals surface area contributed by atoms with E-state index in [0.717, 1.165) is 5.56 Å². The molecule has 0 fully saturated rings. The average Bonchev–Trinajstić information content (AvgIpc) is 2.14. The maximum atomic E-state index is 8.54. The fraction of sp³-hybridized carbons (Fsp3) is 0.364. The summed E-state index contributed by atoms with van der Waals surface area (Å²) in [7, 11) is 0. The molecule has 0 heterocycles. The number of halogens is 2. The van der Waals surface area contributed by atoms with Gasteiger partial charge in [-0.15, -0.1) is 0 Å². The summed E-state index contributed by atoms with van der Waals surface area (Å²) in [4.78, 5) is 0. The van der Waals surface area contributed by atoms with E-state index in [9.17, 15) is 0 Å². The van der Waals surface area contributed by atoms with E-state index in [1.165, 1.54) is 0 Å². The lowest BCUT2D eigenvalue weighted by molar-refractivity contribution is 0.428. The van der Waals surface area contributed by atoms with Gasteiger partial charge in [-0.25, -0.2) is 0 Å². The molecule has 0 aromatic heterocycles. The minimum absolute atomic E-state index is 0.258. The third-order valence-electron chi connectivity index (χ3n) is 2.20. The molecule has 15 heavy (non-hydrogen) atoms. The molecule has 1 aromatic rings. The van der Waals surface area contributed by atoms with Gasteiger partial charge in [-0.1, -0.05) is 29.3 Å². The molecule has 80 valence electrons. The molecule has 0 saturated heterocycles. The van der Waals surface area contributed by atoms with Gasteiger partial charge in [0.05, 0.1) is 12.6 Å². The van der Waals surface area contributed by atoms with Crippen molar-refractivity contribution in [1.29, 1.82) is 5.26 Å². The number of nitriles is 1. The summed E-state index contributed by atoms with van der Waals surface area (Å²) < 4.78 is 0. The Hall–Kier alpha value is -0.750. The van der Waals surface area contributed by atoms with Crippen LogP contribution in [-0.4, -0.2) is 6.54 Å². The molecule has 0 bridgehead atoms. The van der Waals surface area contributed by atoms with E-state index in [0.29, 0.717) is 10.0 Å². The quantitative estimate of drug-likeness (QED) is 0.826. The SMILES string of the molecule is CC(C)(NCC#N)c1c(Cl)cccc1Cl. The standard InChI is InChI=1S/C11H12Cl2N2/c1-11(2,15-7-6-14)10-8(12)4-3-5-9(10)13/h3-5,15H,7H2,1-2H3. The average molecular weight is 243 g/mol. The van der Waals surface area contributed by atoms with E-state index >= 15 is 0 Å². The fourth-order valence-corrected chi connectivity index (χ4v) is 2.31. The number of nitrogens with zero attached hydrogens (tertiary/aromatic N) is 1. The van der Waals surface area contributed by atoms with Crippen molar-refractivity contribution in [3.8, 4) is 6.07 Å². The molecule has 1 rings (SSSR count). The van der Waals surface area contributed by atoms with Gasteiger partial charge < -0.3 is 0 Å². The van der Waals surface area contributed by atoms with Crippen LogP contribution in [0.4, 0.5) is 0 Å². The molecule has 0 amide bonds. The van der Waals surface area contributed by atoms with Crippen molar-refractivity contribution in [1.82, 2.24) is 5.32 Å². The van der Waals surface area contributed by atoms with Crippen molar-refractivity contribution in [2.75, 3.05) is 6.54 Å². The molecule has 0 aliphatic heterocycles.